The molecular weight excluding hydrogens is 412 g/mol. The molecule has 2 aromatic rings. The van der Waals surface area contributed by atoms with E-state index in [4.69, 9.17) is 20.9 Å². The van der Waals surface area contributed by atoms with Crippen molar-refractivity contribution < 1.29 is 29.3 Å². The van der Waals surface area contributed by atoms with Crippen LogP contribution in [0.25, 0.3) is 0 Å². The molecule has 2 unspecified atom stereocenters. The summed E-state index contributed by atoms with van der Waals surface area (Å²) in [6, 6.07) is 11.6. The van der Waals surface area contributed by atoms with E-state index in [2.05, 4.69) is 0 Å². The summed E-state index contributed by atoms with van der Waals surface area (Å²) >= 11 is 0. The van der Waals surface area contributed by atoms with E-state index in [9.17, 15) is 19.8 Å². The Morgan fingerprint density at radius 2 is 1.00 bits per heavy atom. The first-order chi connectivity index (χ1) is 15.3. The zero-order chi connectivity index (χ0) is 23.3. The molecule has 0 aromatic heterocycles. The normalized spacial score (nSPS) is 12.7. The van der Waals surface area contributed by atoms with Crippen molar-refractivity contribution >= 4 is 11.9 Å². The average Bonchev–Trinajstić information content (AvgIpc) is 2.78. The third kappa shape index (κ3) is 9.36. The van der Waals surface area contributed by atoms with E-state index in [0.29, 0.717) is 38.9 Å². The van der Waals surface area contributed by atoms with Crippen LogP contribution in [0.4, 0.5) is 0 Å². The molecule has 0 radical (unpaired) electrons. The third-order valence-corrected chi connectivity index (χ3v) is 4.92. The van der Waals surface area contributed by atoms with Crippen molar-refractivity contribution in [3.8, 4) is 11.5 Å². The van der Waals surface area contributed by atoms with Gasteiger partial charge in [0.25, 0.3) is 0 Å². The van der Waals surface area contributed by atoms with E-state index < -0.39 is 24.0 Å². The highest BCUT2D eigenvalue weighted by atomic mass is 16.5. The largest absolute Gasteiger partial charge is 0.508 e. The van der Waals surface area contributed by atoms with Crippen molar-refractivity contribution in [3.63, 3.8) is 0 Å². The molecule has 0 bridgehead atoms. The van der Waals surface area contributed by atoms with Gasteiger partial charge in [0.05, 0.1) is 13.2 Å². The van der Waals surface area contributed by atoms with Crippen LogP contribution in [0, 0.1) is 0 Å². The van der Waals surface area contributed by atoms with Crippen molar-refractivity contribution in [2.75, 3.05) is 13.2 Å². The van der Waals surface area contributed by atoms with E-state index in [0.717, 1.165) is 24.0 Å². The average molecular weight is 445 g/mol. The molecule has 0 aliphatic carbocycles. The van der Waals surface area contributed by atoms with E-state index in [-0.39, 0.29) is 11.5 Å². The topological polar surface area (TPSA) is 145 Å². The maximum atomic E-state index is 12.0. The number of carbonyl (C=O) groups excluding carboxylic acids is 2. The molecule has 0 fully saturated rings. The van der Waals surface area contributed by atoms with Crippen LogP contribution in [0.3, 0.4) is 0 Å². The van der Waals surface area contributed by atoms with Gasteiger partial charge in [-0.25, -0.2) is 0 Å². The lowest BCUT2D eigenvalue weighted by Crippen LogP contribution is -2.34. The van der Waals surface area contributed by atoms with Gasteiger partial charge in [-0.2, -0.15) is 0 Å². The first-order valence-corrected chi connectivity index (χ1v) is 10.8. The first-order valence-electron chi connectivity index (χ1n) is 10.8. The predicted molar refractivity (Wildman–Crippen MR) is 120 cm³/mol. The summed E-state index contributed by atoms with van der Waals surface area (Å²) in [5, 5.41) is 18.5. The summed E-state index contributed by atoms with van der Waals surface area (Å²) in [5.41, 5.74) is 13.4. The van der Waals surface area contributed by atoms with Crippen LogP contribution in [0.1, 0.15) is 36.8 Å². The van der Waals surface area contributed by atoms with Crippen molar-refractivity contribution in [1.82, 2.24) is 0 Å². The van der Waals surface area contributed by atoms with Gasteiger partial charge in [-0.05, 0) is 73.9 Å². The number of aromatic hydroxyl groups is 2. The number of esters is 2. The Labute approximate surface area is 188 Å². The van der Waals surface area contributed by atoms with Gasteiger partial charge in [-0.1, -0.05) is 24.3 Å². The standard InChI is InChI=1S/C24H32N2O6/c25-21(15-17-5-9-19(27)10-6-17)23(29)31-13-3-1-2-4-14-32-24(30)22(26)16-18-7-11-20(28)12-8-18/h5-12,21-22,27-28H,1-4,13-16,25-26H2. The van der Waals surface area contributed by atoms with E-state index in [1.165, 1.54) is 0 Å². The summed E-state index contributed by atoms with van der Waals surface area (Å²) in [5.74, 6) is -0.572. The molecular formula is C24H32N2O6. The van der Waals surface area contributed by atoms with Crippen LogP contribution >= 0.6 is 0 Å². The molecule has 32 heavy (non-hydrogen) atoms. The number of carbonyl (C=O) groups is 2. The predicted octanol–water partition coefficient (Wildman–Crippen LogP) is 2.18. The summed E-state index contributed by atoms with van der Waals surface area (Å²) in [6.45, 7) is 0.582. The van der Waals surface area contributed by atoms with Crippen molar-refractivity contribution in [3.05, 3.63) is 59.7 Å². The first kappa shape index (κ1) is 25.2. The van der Waals surface area contributed by atoms with Crippen LogP contribution in [0.5, 0.6) is 11.5 Å². The van der Waals surface area contributed by atoms with Crippen molar-refractivity contribution in [2.24, 2.45) is 11.5 Å². The van der Waals surface area contributed by atoms with Gasteiger partial charge in [0, 0.05) is 0 Å². The second kappa shape index (κ2) is 13.3. The molecule has 0 aliphatic rings. The Morgan fingerprint density at radius 3 is 1.34 bits per heavy atom. The number of nitrogens with two attached hydrogens (primary N) is 2. The molecule has 174 valence electrons. The Morgan fingerprint density at radius 1 is 0.656 bits per heavy atom. The Kier molecular flexibility index (Phi) is 10.5. The highest BCUT2D eigenvalue weighted by Crippen LogP contribution is 2.12. The molecule has 8 heteroatoms. The van der Waals surface area contributed by atoms with Gasteiger partial charge in [-0.3, -0.25) is 9.59 Å². The van der Waals surface area contributed by atoms with Gasteiger partial charge in [0.15, 0.2) is 0 Å². The molecule has 0 amide bonds. The van der Waals surface area contributed by atoms with Crippen LogP contribution in [-0.4, -0.2) is 47.4 Å². The minimum Gasteiger partial charge on any atom is -0.508 e. The number of unbranched alkanes of at least 4 members (excludes halogenated alkanes) is 3. The zero-order valence-electron chi connectivity index (χ0n) is 18.1. The molecule has 0 saturated carbocycles. The van der Waals surface area contributed by atoms with Crippen LogP contribution in [-0.2, 0) is 31.9 Å². The van der Waals surface area contributed by atoms with Gasteiger partial charge >= 0.3 is 11.9 Å². The lowest BCUT2D eigenvalue weighted by molar-refractivity contribution is -0.146. The summed E-state index contributed by atoms with van der Waals surface area (Å²) in [6.07, 6.45) is 3.76. The lowest BCUT2D eigenvalue weighted by atomic mass is 10.1. The van der Waals surface area contributed by atoms with Gasteiger partial charge in [-0.15, -0.1) is 0 Å². The van der Waals surface area contributed by atoms with Crippen molar-refractivity contribution in [2.45, 2.75) is 50.6 Å². The summed E-state index contributed by atoms with van der Waals surface area (Å²) in [4.78, 5) is 23.9. The Hall–Kier alpha value is -3.10. The fourth-order valence-corrected chi connectivity index (χ4v) is 3.06. The Balaban J connectivity index is 1.49. The second-order valence-electron chi connectivity index (χ2n) is 7.70. The maximum absolute atomic E-state index is 12.0. The quantitative estimate of drug-likeness (QED) is 0.272. The molecule has 0 spiro atoms. The van der Waals surface area contributed by atoms with E-state index in [1.807, 2.05) is 0 Å². The number of phenols is 2. The van der Waals surface area contributed by atoms with Crippen LogP contribution < -0.4 is 11.5 Å². The Bertz CT molecular complexity index is 767. The number of rotatable bonds is 13. The fraction of sp³-hybridized carbons (Fsp3) is 0.417. The van der Waals surface area contributed by atoms with Crippen LogP contribution in [0.2, 0.25) is 0 Å². The number of hydrogen-bond donors (Lipinski definition) is 4. The molecule has 0 heterocycles. The molecule has 2 atom stereocenters. The molecule has 2 aromatic carbocycles. The highest BCUT2D eigenvalue weighted by Gasteiger charge is 2.16. The van der Waals surface area contributed by atoms with Crippen molar-refractivity contribution in [1.29, 1.82) is 0 Å². The number of hydrogen-bond acceptors (Lipinski definition) is 8. The highest BCUT2D eigenvalue weighted by molar-refractivity contribution is 5.76. The zero-order valence-corrected chi connectivity index (χ0v) is 18.1. The monoisotopic (exact) mass is 444 g/mol. The molecule has 8 nitrogen and oxygen atoms in total. The summed E-state index contributed by atoms with van der Waals surface area (Å²) in [7, 11) is 0. The summed E-state index contributed by atoms with van der Waals surface area (Å²) < 4.78 is 10.4. The minimum absolute atomic E-state index is 0.164. The fourth-order valence-electron chi connectivity index (χ4n) is 3.06. The molecule has 0 aliphatic heterocycles. The number of ether oxygens (including phenoxy) is 2. The van der Waals surface area contributed by atoms with E-state index in [1.54, 1.807) is 48.5 Å². The van der Waals surface area contributed by atoms with Gasteiger partial charge in [0.1, 0.15) is 23.6 Å². The smallest absolute Gasteiger partial charge is 0.323 e. The third-order valence-electron chi connectivity index (χ3n) is 4.92. The molecule has 6 N–H and O–H groups in total. The molecule has 0 saturated heterocycles. The SMILES string of the molecule is NC(Cc1ccc(O)cc1)C(=O)OCCCCCCOC(=O)C(N)Cc1ccc(O)cc1. The second-order valence-corrected chi connectivity index (χ2v) is 7.70. The van der Waals surface area contributed by atoms with Gasteiger partial charge < -0.3 is 31.2 Å². The van der Waals surface area contributed by atoms with Crippen LogP contribution in [0.15, 0.2) is 48.5 Å². The number of phenolic OH excluding ortho intramolecular Hbond substituents is 2. The lowest BCUT2D eigenvalue weighted by Gasteiger charge is -2.12. The van der Waals surface area contributed by atoms with E-state index >= 15 is 0 Å². The molecule has 2 rings (SSSR count). The minimum atomic E-state index is -0.746. The maximum Gasteiger partial charge on any atom is 0.323 e. The van der Waals surface area contributed by atoms with Gasteiger partial charge in [0.2, 0.25) is 0 Å². The number of benzene rings is 2.